The molecule has 5 heteroatoms. The molecule has 0 aromatic heterocycles. The van der Waals surface area contributed by atoms with Gasteiger partial charge in [-0.3, -0.25) is 9.69 Å². The van der Waals surface area contributed by atoms with Crippen LogP contribution in [0.25, 0.3) is 0 Å². The zero-order valence-electron chi connectivity index (χ0n) is 13.5. The SMILES string of the molecule is CC(C)[C@H]1CC[C@@H](C)C[C@H]1NCCCN1C(=O)CNC1=O. The zero-order valence-corrected chi connectivity index (χ0v) is 13.5. The van der Waals surface area contributed by atoms with Crippen molar-refractivity contribution in [2.24, 2.45) is 17.8 Å². The molecule has 120 valence electrons. The smallest absolute Gasteiger partial charge is 0.324 e. The lowest BCUT2D eigenvalue weighted by molar-refractivity contribution is -0.125. The van der Waals surface area contributed by atoms with Gasteiger partial charge in [-0.25, -0.2) is 4.79 Å². The standard InChI is InChI=1S/C16H29N3O2/c1-11(2)13-6-5-12(3)9-14(13)17-7-4-8-19-15(20)10-18-16(19)21/h11-14,17H,4-10H2,1-3H3,(H,18,21)/t12-,13-,14-/m1/s1. The molecule has 0 aromatic rings. The molecule has 5 nitrogen and oxygen atoms in total. The molecule has 2 aliphatic rings. The lowest BCUT2D eigenvalue weighted by atomic mass is 9.74. The van der Waals surface area contributed by atoms with Crippen molar-refractivity contribution < 1.29 is 9.59 Å². The topological polar surface area (TPSA) is 61.4 Å². The first kappa shape index (κ1) is 16.3. The lowest BCUT2D eigenvalue weighted by Gasteiger charge is -2.38. The number of rotatable bonds is 6. The van der Waals surface area contributed by atoms with Crippen LogP contribution in [-0.2, 0) is 4.79 Å². The van der Waals surface area contributed by atoms with E-state index in [-0.39, 0.29) is 18.5 Å². The van der Waals surface area contributed by atoms with Crippen LogP contribution >= 0.6 is 0 Å². The maximum Gasteiger partial charge on any atom is 0.324 e. The van der Waals surface area contributed by atoms with Gasteiger partial charge in [0.05, 0.1) is 6.54 Å². The third-order valence-corrected chi connectivity index (χ3v) is 4.92. The fourth-order valence-electron chi connectivity index (χ4n) is 3.64. The van der Waals surface area contributed by atoms with E-state index < -0.39 is 0 Å². The van der Waals surface area contributed by atoms with Crippen molar-refractivity contribution in [1.29, 1.82) is 0 Å². The summed E-state index contributed by atoms with van der Waals surface area (Å²) in [6, 6.07) is 0.336. The number of hydrogen-bond acceptors (Lipinski definition) is 3. The average Bonchev–Trinajstić information content (AvgIpc) is 2.74. The largest absolute Gasteiger partial charge is 0.329 e. The average molecular weight is 295 g/mol. The van der Waals surface area contributed by atoms with Crippen LogP contribution in [0.4, 0.5) is 4.79 Å². The summed E-state index contributed by atoms with van der Waals surface area (Å²) in [5.74, 6) is 2.15. The fraction of sp³-hybridized carbons (Fsp3) is 0.875. The van der Waals surface area contributed by atoms with Gasteiger partial charge >= 0.3 is 6.03 Å². The van der Waals surface area contributed by atoms with Crippen LogP contribution in [0.2, 0.25) is 0 Å². The third-order valence-electron chi connectivity index (χ3n) is 4.92. The van der Waals surface area contributed by atoms with Crippen LogP contribution < -0.4 is 10.6 Å². The second-order valence-electron chi connectivity index (χ2n) is 6.94. The summed E-state index contributed by atoms with van der Waals surface area (Å²) >= 11 is 0. The van der Waals surface area contributed by atoms with Crippen molar-refractivity contribution in [3.05, 3.63) is 0 Å². The van der Waals surface area contributed by atoms with E-state index in [1.165, 1.54) is 24.2 Å². The summed E-state index contributed by atoms with van der Waals surface area (Å²) in [4.78, 5) is 24.3. The molecule has 1 heterocycles. The molecule has 1 aliphatic carbocycles. The van der Waals surface area contributed by atoms with Crippen LogP contribution in [0, 0.1) is 17.8 Å². The summed E-state index contributed by atoms with van der Waals surface area (Å²) in [5, 5.41) is 6.22. The Morgan fingerprint density at radius 3 is 2.71 bits per heavy atom. The van der Waals surface area contributed by atoms with Crippen molar-refractivity contribution >= 4 is 11.9 Å². The van der Waals surface area contributed by atoms with Gasteiger partial charge in [-0.15, -0.1) is 0 Å². The van der Waals surface area contributed by atoms with E-state index >= 15 is 0 Å². The molecular weight excluding hydrogens is 266 g/mol. The van der Waals surface area contributed by atoms with E-state index in [2.05, 4.69) is 31.4 Å². The summed E-state index contributed by atoms with van der Waals surface area (Å²) in [7, 11) is 0. The minimum atomic E-state index is -0.244. The Labute approximate surface area is 127 Å². The van der Waals surface area contributed by atoms with Gasteiger partial charge in [0, 0.05) is 12.6 Å². The predicted molar refractivity (Wildman–Crippen MR) is 82.9 cm³/mol. The number of nitrogens with one attached hydrogen (secondary N) is 2. The van der Waals surface area contributed by atoms with Crippen molar-refractivity contribution in [1.82, 2.24) is 15.5 Å². The molecule has 0 unspecified atom stereocenters. The highest BCUT2D eigenvalue weighted by Crippen LogP contribution is 2.33. The molecule has 0 spiro atoms. The summed E-state index contributed by atoms with van der Waals surface area (Å²) in [6.45, 7) is 8.50. The summed E-state index contributed by atoms with van der Waals surface area (Å²) < 4.78 is 0. The highest BCUT2D eigenvalue weighted by Gasteiger charge is 2.31. The van der Waals surface area contributed by atoms with Gasteiger partial charge in [0.15, 0.2) is 0 Å². The second-order valence-corrected chi connectivity index (χ2v) is 6.94. The van der Waals surface area contributed by atoms with Gasteiger partial charge in [-0.1, -0.05) is 27.2 Å². The maximum absolute atomic E-state index is 11.5. The highest BCUT2D eigenvalue weighted by atomic mass is 16.2. The third kappa shape index (κ3) is 4.19. The Hall–Kier alpha value is -1.10. The van der Waals surface area contributed by atoms with Gasteiger partial charge in [0.25, 0.3) is 0 Å². The van der Waals surface area contributed by atoms with Crippen LogP contribution in [0.3, 0.4) is 0 Å². The number of urea groups is 1. The first-order chi connectivity index (χ1) is 9.99. The molecule has 2 N–H and O–H groups in total. The molecule has 0 aromatic carbocycles. The van der Waals surface area contributed by atoms with Gasteiger partial charge in [-0.05, 0) is 43.6 Å². The van der Waals surface area contributed by atoms with Crippen molar-refractivity contribution in [2.45, 2.75) is 52.5 Å². The molecule has 0 radical (unpaired) electrons. The molecule has 3 atom stereocenters. The van der Waals surface area contributed by atoms with E-state index in [1.807, 2.05) is 0 Å². The van der Waals surface area contributed by atoms with Gasteiger partial charge < -0.3 is 10.6 Å². The number of amides is 3. The number of nitrogens with zero attached hydrogens (tertiary/aromatic N) is 1. The van der Waals surface area contributed by atoms with Gasteiger partial charge in [0.1, 0.15) is 0 Å². The number of carbonyl (C=O) groups excluding carboxylic acids is 2. The van der Waals surface area contributed by atoms with E-state index in [0.717, 1.165) is 24.8 Å². The van der Waals surface area contributed by atoms with Gasteiger partial charge in [-0.2, -0.15) is 0 Å². The molecule has 3 amide bonds. The Kier molecular flexibility index (Phi) is 5.62. The van der Waals surface area contributed by atoms with Crippen LogP contribution in [0.1, 0.15) is 46.5 Å². The first-order valence-corrected chi connectivity index (χ1v) is 8.30. The van der Waals surface area contributed by atoms with Crippen LogP contribution in [0.5, 0.6) is 0 Å². The lowest BCUT2D eigenvalue weighted by Crippen LogP contribution is -2.44. The molecule has 2 fully saturated rings. The monoisotopic (exact) mass is 295 g/mol. The van der Waals surface area contributed by atoms with E-state index in [9.17, 15) is 9.59 Å². The Morgan fingerprint density at radius 2 is 2.10 bits per heavy atom. The summed E-state index contributed by atoms with van der Waals surface area (Å²) in [6.07, 6.45) is 4.72. The first-order valence-electron chi connectivity index (χ1n) is 8.30. The van der Waals surface area contributed by atoms with E-state index in [0.29, 0.717) is 18.5 Å². The second kappa shape index (κ2) is 7.25. The molecular formula is C16H29N3O2. The minimum Gasteiger partial charge on any atom is -0.329 e. The Balaban J connectivity index is 1.73. The zero-order chi connectivity index (χ0) is 15.4. The summed E-state index contributed by atoms with van der Waals surface area (Å²) in [5.41, 5.74) is 0. The molecule has 2 rings (SSSR count). The number of imide groups is 1. The molecule has 1 aliphatic heterocycles. The van der Waals surface area contributed by atoms with Crippen molar-refractivity contribution in [2.75, 3.05) is 19.6 Å². The normalized spacial score (nSPS) is 30.1. The number of carbonyl (C=O) groups is 2. The molecule has 1 saturated carbocycles. The maximum atomic E-state index is 11.5. The Bertz CT molecular complexity index is 368. The fourth-order valence-corrected chi connectivity index (χ4v) is 3.64. The molecule has 1 saturated heterocycles. The van der Waals surface area contributed by atoms with Gasteiger partial charge in [0.2, 0.25) is 5.91 Å². The van der Waals surface area contributed by atoms with Crippen LogP contribution in [0.15, 0.2) is 0 Å². The van der Waals surface area contributed by atoms with Crippen molar-refractivity contribution in [3.63, 3.8) is 0 Å². The molecule has 0 bridgehead atoms. The Morgan fingerprint density at radius 1 is 1.33 bits per heavy atom. The molecule has 21 heavy (non-hydrogen) atoms. The highest BCUT2D eigenvalue weighted by molar-refractivity contribution is 6.01. The van der Waals surface area contributed by atoms with E-state index in [4.69, 9.17) is 0 Å². The number of hydrogen-bond donors (Lipinski definition) is 2. The van der Waals surface area contributed by atoms with E-state index in [1.54, 1.807) is 0 Å². The predicted octanol–water partition coefficient (Wildman–Crippen LogP) is 1.98. The van der Waals surface area contributed by atoms with Crippen LogP contribution in [-0.4, -0.2) is 42.5 Å². The van der Waals surface area contributed by atoms with Crippen molar-refractivity contribution in [3.8, 4) is 0 Å². The minimum absolute atomic E-state index is 0.105. The quantitative estimate of drug-likeness (QED) is 0.582.